The second kappa shape index (κ2) is 7.22. The summed E-state index contributed by atoms with van der Waals surface area (Å²) in [6.45, 7) is 6.52. The van der Waals surface area contributed by atoms with Gasteiger partial charge in [-0.15, -0.1) is 5.10 Å². The molecule has 4 aromatic rings. The molecule has 34 heavy (non-hydrogen) atoms. The van der Waals surface area contributed by atoms with Crippen molar-refractivity contribution < 1.29 is 8.78 Å². The molecule has 3 heterocycles. The summed E-state index contributed by atoms with van der Waals surface area (Å²) in [4.78, 5) is 9.40. The highest BCUT2D eigenvalue weighted by molar-refractivity contribution is 5.64. The highest BCUT2D eigenvalue weighted by Crippen LogP contribution is 2.69. The lowest BCUT2D eigenvalue weighted by Gasteiger charge is -2.37. The molecule has 172 valence electrons. The van der Waals surface area contributed by atoms with E-state index in [0.29, 0.717) is 5.95 Å². The third-order valence-electron chi connectivity index (χ3n) is 7.93. The molecule has 3 aromatic heterocycles. The lowest BCUT2D eigenvalue weighted by Crippen LogP contribution is -2.38. The van der Waals surface area contributed by atoms with Gasteiger partial charge >= 0.3 is 0 Å². The fourth-order valence-corrected chi connectivity index (χ4v) is 6.11. The van der Waals surface area contributed by atoms with Crippen molar-refractivity contribution in [1.82, 2.24) is 29.9 Å². The summed E-state index contributed by atoms with van der Waals surface area (Å²) in [7, 11) is 0. The maximum atomic E-state index is 14.5. The number of aryl methyl sites for hydroxylation is 1. The third kappa shape index (κ3) is 2.68. The van der Waals surface area contributed by atoms with Crippen LogP contribution in [-0.4, -0.2) is 29.9 Å². The average Bonchev–Trinajstić information content (AvgIpc) is 3.47. The van der Waals surface area contributed by atoms with Gasteiger partial charge in [0.1, 0.15) is 11.6 Å². The van der Waals surface area contributed by atoms with E-state index in [1.54, 1.807) is 10.9 Å². The van der Waals surface area contributed by atoms with Gasteiger partial charge in [-0.05, 0) is 66.0 Å². The lowest BCUT2D eigenvalue weighted by atomic mass is 9.66. The summed E-state index contributed by atoms with van der Waals surface area (Å²) in [6, 6.07) is 7.60. The molecule has 6 nitrogen and oxygen atoms in total. The molecule has 8 heteroatoms. The van der Waals surface area contributed by atoms with Crippen molar-refractivity contribution in [2.45, 2.75) is 51.4 Å². The van der Waals surface area contributed by atoms with Crippen LogP contribution in [0.25, 0.3) is 17.2 Å². The first-order valence-corrected chi connectivity index (χ1v) is 11.6. The van der Waals surface area contributed by atoms with Gasteiger partial charge in [-0.25, -0.2) is 23.4 Å². The van der Waals surface area contributed by atoms with E-state index in [1.165, 1.54) is 18.2 Å². The Labute approximate surface area is 196 Å². The Morgan fingerprint density at radius 1 is 1.12 bits per heavy atom. The molecule has 1 fully saturated rings. The number of fused-ring (bicyclic) bond motifs is 5. The fraction of sp³-hybridized carbons (Fsp3) is 0.346. The predicted molar refractivity (Wildman–Crippen MR) is 122 cm³/mol. The number of halogens is 2. The minimum atomic E-state index is -0.641. The number of rotatable bonds is 4. The summed E-state index contributed by atoms with van der Waals surface area (Å²) in [5.41, 5.74) is 3.23. The minimum Gasteiger partial charge on any atom is -0.220 e. The molecule has 0 amide bonds. The molecular formula is C26H24F2N6. The summed E-state index contributed by atoms with van der Waals surface area (Å²) in [5, 5.41) is 13.3. The summed E-state index contributed by atoms with van der Waals surface area (Å²) >= 11 is 0. The molecule has 0 saturated heterocycles. The van der Waals surface area contributed by atoms with Crippen molar-refractivity contribution in [3.8, 4) is 17.2 Å². The topological polar surface area (TPSA) is 69.4 Å². The van der Waals surface area contributed by atoms with Crippen molar-refractivity contribution >= 4 is 0 Å². The Morgan fingerprint density at radius 3 is 2.65 bits per heavy atom. The first-order valence-electron chi connectivity index (χ1n) is 11.6. The molecule has 6 rings (SSSR count). The van der Waals surface area contributed by atoms with Gasteiger partial charge in [0.25, 0.3) is 5.95 Å². The van der Waals surface area contributed by atoms with Crippen molar-refractivity contribution in [3.05, 3.63) is 83.1 Å². The summed E-state index contributed by atoms with van der Waals surface area (Å²) in [6.07, 6.45) is 8.21. The van der Waals surface area contributed by atoms with Gasteiger partial charge < -0.3 is 0 Å². The third-order valence-corrected chi connectivity index (χ3v) is 7.93. The molecule has 2 aliphatic rings. The van der Waals surface area contributed by atoms with Crippen molar-refractivity contribution in [3.63, 3.8) is 0 Å². The monoisotopic (exact) mass is 458 g/mol. The van der Waals surface area contributed by atoms with E-state index < -0.39 is 17.0 Å². The normalized spacial score (nSPS) is 22.2. The van der Waals surface area contributed by atoms with Crippen LogP contribution in [0.15, 0.2) is 48.9 Å². The number of aromatic nitrogens is 6. The smallest absolute Gasteiger partial charge is 0.220 e. The zero-order valence-corrected chi connectivity index (χ0v) is 19.3. The predicted octanol–water partition coefficient (Wildman–Crippen LogP) is 5.16. The number of nitrogens with zero attached hydrogens (tertiary/aromatic N) is 6. The second-order valence-electron chi connectivity index (χ2n) is 9.74. The Hall–Kier alpha value is -3.55. The van der Waals surface area contributed by atoms with Crippen molar-refractivity contribution in [2.75, 3.05) is 0 Å². The summed E-state index contributed by atoms with van der Waals surface area (Å²) in [5.74, 6) is -0.589. The van der Waals surface area contributed by atoms with Crippen LogP contribution in [0.3, 0.4) is 0 Å². The molecular weight excluding hydrogens is 434 g/mol. The Morgan fingerprint density at radius 2 is 1.91 bits per heavy atom. The first kappa shape index (κ1) is 21.0. The molecule has 2 aliphatic carbocycles. The second-order valence-corrected chi connectivity index (χ2v) is 9.74. The van der Waals surface area contributed by atoms with Crippen LogP contribution in [0.1, 0.15) is 62.0 Å². The highest BCUT2D eigenvalue weighted by atomic mass is 19.1. The molecule has 0 N–H and O–H groups in total. The van der Waals surface area contributed by atoms with Crippen LogP contribution >= 0.6 is 0 Å². The first-order chi connectivity index (χ1) is 16.4. The standard InChI is InChI=1S/C26H24F2N6/c1-4-15-13-30-34(14-15)24-29-11-9-21(31-24)26-10-8-17(25(26,2)3)16-12-20(32-33-23(16)26)22-18(27)6-5-7-19(22)28/h5-7,9,11-14,17H,4,8,10H2,1-3H3/t17-,26-/m0/s1. The van der Waals surface area contributed by atoms with Gasteiger partial charge in [0, 0.05) is 12.4 Å². The van der Waals surface area contributed by atoms with Crippen LogP contribution in [0.4, 0.5) is 8.78 Å². The fourth-order valence-electron chi connectivity index (χ4n) is 6.11. The molecule has 0 aliphatic heterocycles. The van der Waals surface area contributed by atoms with E-state index in [9.17, 15) is 8.78 Å². The quantitative estimate of drug-likeness (QED) is 0.422. The molecule has 0 unspecified atom stereocenters. The van der Waals surface area contributed by atoms with Gasteiger partial charge in [-0.2, -0.15) is 10.2 Å². The van der Waals surface area contributed by atoms with E-state index >= 15 is 0 Å². The van der Waals surface area contributed by atoms with Gasteiger partial charge in [0.2, 0.25) is 0 Å². The van der Waals surface area contributed by atoms with Crippen LogP contribution < -0.4 is 0 Å². The Balaban J connectivity index is 1.51. The maximum Gasteiger partial charge on any atom is 0.250 e. The zero-order valence-electron chi connectivity index (χ0n) is 19.3. The van der Waals surface area contributed by atoms with Gasteiger partial charge in [-0.1, -0.05) is 26.8 Å². The van der Waals surface area contributed by atoms with Crippen LogP contribution in [0.5, 0.6) is 0 Å². The molecule has 0 spiro atoms. The van der Waals surface area contributed by atoms with Crippen molar-refractivity contribution in [2.24, 2.45) is 5.41 Å². The van der Waals surface area contributed by atoms with Crippen molar-refractivity contribution in [1.29, 1.82) is 0 Å². The van der Waals surface area contributed by atoms with E-state index in [2.05, 4.69) is 41.1 Å². The van der Waals surface area contributed by atoms with E-state index in [4.69, 9.17) is 4.98 Å². The Bertz CT molecular complexity index is 1410. The molecule has 1 aromatic carbocycles. The molecule has 2 atom stereocenters. The van der Waals surface area contributed by atoms with Gasteiger partial charge in [0.15, 0.2) is 0 Å². The van der Waals surface area contributed by atoms with Crippen LogP contribution in [-0.2, 0) is 11.8 Å². The minimum absolute atomic E-state index is 0.137. The highest BCUT2D eigenvalue weighted by Gasteiger charge is 2.65. The lowest BCUT2D eigenvalue weighted by molar-refractivity contribution is 0.242. The summed E-state index contributed by atoms with van der Waals surface area (Å²) < 4.78 is 30.6. The average molecular weight is 459 g/mol. The SMILES string of the molecule is CCc1cnn(-c2nccc([C@@]34CC[C@@H](c5cc(-c6c(F)cccc6F)nnc53)C4(C)C)n2)c1. The maximum absolute atomic E-state index is 14.5. The molecule has 1 saturated carbocycles. The Kier molecular flexibility index (Phi) is 4.46. The zero-order chi connectivity index (χ0) is 23.7. The van der Waals surface area contributed by atoms with Gasteiger partial charge in [-0.3, -0.25) is 0 Å². The van der Waals surface area contributed by atoms with E-state index in [-0.39, 0.29) is 22.6 Å². The largest absolute Gasteiger partial charge is 0.250 e. The van der Waals surface area contributed by atoms with E-state index in [0.717, 1.165) is 41.8 Å². The number of hydrogen-bond acceptors (Lipinski definition) is 5. The number of benzene rings is 1. The van der Waals surface area contributed by atoms with Gasteiger partial charge in [0.05, 0.1) is 34.3 Å². The molecule has 2 bridgehead atoms. The molecule has 0 radical (unpaired) electrons. The van der Waals surface area contributed by atoms with Crippen LogP contribution in [0, 0.1) is 17.0 Å². The van der Waals surface area contributed by atoms with E-state index in [1.807, 2.05) is 24.5 Å². The van der Waals surface area contributed by atoms with Crippen LogP contribution in [0.2, 0.25) is 0 Å². The number of hydrogen-bond donors (Lipinski definition) is 0.